The minimum absolute atomic E-state index is 0.0150. The first-order valence-corrected chi connectivity index (χ1v) is 13.2. The largest absolute Gasteiger partial charge is 0.391 e. The number of hydrogen-bond donors (Lipinski definition) is 4. The Kier molecular flexibility index (Phi) is 6.93. The summed E-state index contributed by atoms with van der Waals surface area (Å²) in [7, 11) is -4.10. The number of carbonyl (C=O) groups is 1. The van der Waals surface area contributed by atoms with Crippen molar-refractivity contribution in [3.05, 3.63) is 58.4 Å². The van der Waals surface area contributed by atoms with E-state index in [9.17, 15) is 41.7 Å². The van der Waals surface area contributed by atoms with E-state index < -0.39 is 68.1 Å². The van der Waals surface area contributed by atoms with Gasteiger partial charge >= 0.3 is 0 Å². The lowest BCUT2D eigenvalue weighted by Crippen LogP contribution is -2.73. The summed E-state index contributed by atoms with van der Waals surface area (Å²) in [4.78, 5) is 12.3. The summed E-state index contributed by atoms with van der Waals surface area (Å²) in [5.74, 6) is -6.82. The van der Waals surface area contributed by atoms with E-state index in [1.807, 2.05) is 6.92 Å². The highest BCUT2D eigenvalue weighted by molar-refractivity contribution is 7.92. The third-order valence-corrected chi connectivity index (χ3v) is 10.3. The maximum atomic E-state index is 13.5. The number of sulfone groups is 1. The van der Waals surface area contributed by atoms with E-state index >= 15 is 0 Å². The van der Waals surface area contributed by atoms with Crippen molar-refractivity contribution >= 4 is 33.0 Å². The molecule has 0 radical (unpaired) electrons. The van der Waals surface area contributed by atoms with Crippen LogP contribution in [0, 0.1) is 35.2 Å². The monoisotopic (exact) mass is 547 g/mol. The van der Waals surface area contributed by atoms with Crippen LogP contribution >= 0.6 is 11.6 Å². The van der Waals surface area contributed by atoms with Crippen LogP contribution in [0.4, 0.5) is 18.9 Å². The molecule has 196 valence electrons. The number of aliphatic hydroxyl groups is 3. The van der Waals surface area contributed by atoms with Gasteiger partial charge in [-0.1, -0.05) is 18.5 Å². The van der Waals surface area contributed by atoms with Gasteiger partial charge in [0.1, 0.15) is 6.10 Å². The first-order valence-electron chi connectivity index (χ1n) is 11.3. The fraction of sp³-hybridized carbons (Fsp3) is 0.458. The van der Waals surface area contributed by atoms with Crippen LogP contribution in [0.1, 0.15) is 37.0 Å². The molecule has 2 bridgehead atoms. The van der Waals surface area contributed by atoms with Crippen molar-refractivity contribution in [2.45, 2.75) is 54.6 Å². The summed E-state index contributed by atoms with van der Waals surface area (Å²) in [5, 5.41) is 32.3. The van der Waals surface area contributed by atoms with Gasteiger partial charge in [0, 0.05) is 23.4 Å². The first kappa shape index (κ1) is 26.9. The van der Waals surface area contributed by atoms with Gasteiger partial charge in [0.05, 0.1) is 26.9 Å². The van der Waals surface area contributed by atoms with Crippen LogP contribution in [0.2, 0.25) is 5.02 Å². The van der Waals surface area contributed by atoms with E-state index in [4.69, 9.17) is 11.6 Å². The molecule has 3 aliphatic rings. The number of benzene rings is 2. The molecule has 0 spiro atoms. The Morgan fingerprint density at radius 3 is 2.19 bits per heavy atom. The first-order chi connectivity index (χ1) is 16.7. The lowest BCUT2D eigenvalue weighted by atomic mass is 9.46. The summed E-state index contributed by atoms with van der Waals surface area (Å²) < 4.78 is 67.1. The topological polar surface area (TPSA) is 124 Å². The van der Waals surface area contributed by atoms with Crippen LogP contribution in [0.3, 0.4) is 0 Å². The highest BCUT2D eigenvalue weighted by Gasteiger charge is 2.67. The molecule has 0 heterocycles. The van der Waals surface area contributed by atoms with Crippen LogP contribution in [-0.4, -0.2) is 52.7 Å². The Balaban J connectivity index is 1.59. The predicted octanol–water partition coefficient (Wildman–Crippen LogP) is 3.30. The third kappa shape index (κ3) is 4.20. The van der Waals surface area contributed by atoms with Gasteiger partial charge in [0.15, 0.2) is 27.3 Å². The van der Waals surface area contributed by atoms with Gasteiger partial charge in [-0.25, -0.2) is 21.6 Å². The molecule has 36 heavy (non-hydrogen) atoms. The summed E-state index contributed by atoms with van der Waals surface area (Å²) in [6.45, 7) is 3.20. The van der Waals surface area contributed by atoms with Gasteiger partial charge in [-0.15, -0.1) is 0 Å². The number of fused-ring (bicyclic) bond motifs is 2. The van der Waals surface area contributed by atoms with Gasteiger partial charge in [0.2, 0.25) is 0 Å². The summed E-state index contributed by atoms with van der Waals surface area (Å²) in [6, 6.07) is 4.65. The van der Waals surface area contributed by atoms with Crippen LogP contribution in [0.25, 0.3) is 0 Å². The highest BCUT2D eigenvalue weighted by Crippen LogP contribution is 2.60. The average Bonchev–Trinajstić information content (AvgIpc) is 2.82. The number of hydrogen-bond acceptors (Lipinski definition) is 6. The molecule has 3 aliphatic carbocycles. The molecule has 12 heteroatoms. The maximum absolute atomic E-state index is 13.5. The standard InChI is InChI=1S/C24H25ClF3NO6S/c1-10-15-8-14(9-16(10)24(15,33)22(31)11(2)30)36(34,35)20-5-12(3-4-17(20)25)23(32)29-13-6-18(26)21(28)19(27)7-13/h3-7,10-11,14-16,22,30-31,33H,8-9H2,1-2H3,(H,29,32)/t10-,11-,14+,15?,16?,22+,24+/m1/s1. The number of amides is 1. The van der Waals surface area contributed by atoms with E-state index in [0.717, 1.165) is 6.07 Å². The average molecular weight is 548 g/mol. The molecule has 3 fully saturated rings. The second-order valence-electron chi connectivity index (χ2n) is 9.64. The van der Waals surface area contributed by atoms with Crippen LogP contribution in [0.15, 0.2) is 35.2 Å². The van der Waals surface area contributed by atoms with Gasteiger partial charge in [-0.3, -0.25) is 4.79 Å². The van der Waals surface area contributed by atoms with Crippen LogP contribution in [0.5, 0.6) is 0 Å². The van der Waals surface area contributed by atoms with E-state index in [1.165, 1.54) is 19.1 Å². The Morgan fingerprint density at radius 1 is 1.11 bits per heavy atom. The number of nitrogens with one attached hydrogen (secondary N) is 1. The Labute approximate surface area is 210 Å². The summed E-state index contributed by atoms with van der Waals surface area (Å²) in [5.41, 5.74) is -2.14. The minimum Gasteiger partial charge on any atom is -0.391 e. The molecule has 2 unspecified atom stereocenters. The lowest BCUT2D eigenvalue weighted by Gasteiger charge is -2.64. The minimum atomic E-state index is -4.10. The molecular formula is C24H25ClF3NO6S. The molecule has 0 aromatic heterocycles. The van der Waals surface area contributed by atoms with Crippen LogP contribution < -0.4 is 5.32 Å². The van der Waals surface area contributed by atoms with Crippen molar-refractivity contribution in [3.63, 3.8) is 0 Å². The molecule has 0 aliphatic heterocycles. The molecule has 2 aromatic carbocycles. The Hall–Kier alpha value is -2.18. The van der Waals surface area contributed by atoms with Gasteiger partial charge < -0.3 is 20.6 Å². The smallest absolute Gasteiger partial charge is 0.255 e. The molecule has 2 aromatic rings. The number of anilines is 1. The SMILES string of the molecule is C[C@@H](O)[C@H](O)[C@]1(O)C2C[C@H](S(=O)(=O)c3cc(C(=O)Nc4cc(F)c(F)c(F)c4)ccc3Cl)CC1[C@@H]2C. The molecule has 4 N–H and O–H groups in total. The Morgan fingerprint density at radius 2 is 1.67 bits per heavy atom. The zero-order chi connectivity index (χ0) is 26.7. The van der Waals surface area contributed by atoms with Gasteiger partial charge in [-0.2, -0.15) is 0 Å². The molecular weight excluding hydrogens is 523 g/mol. The van der Waals surface area contributed by atoms with E-state index in [2.05, 4.69) is 5.32 Å². The van der Waals surface area contributed by atoms with Gasteiger partial charge in [0.25, 0.3) is 5.91 Å². The molecule has 4 atom stereocenters. The third-order valence-electron chi connectivity index (χ3n) is 7.60. The van der Waals surface area contributed by atoms with Crippen molar-refractivity contribution in [2.75, 3.05) is 5.32 Å². The van der Waals surface area contributed by atoms with Gasteiger partial charge in [-0.05, 0) is 55.7 Å². The van der Waals surface area contributed by atoms with E-state index in [-0.39, 0.29) is 39.9 Å². The maximum Gasteiger partial charge on any atom is 0.255 e. The lowest BCUT2D eigenvalue weighted by molar-refractivity contribution is -0.277. The van der Waals surface area contributed by atoms with E-state index in [0.29, 0.717) is 12.1 Å². The zero-order valence-corrected chi connectivity index (χ0v) is 20.8. The second kappa shape index (κ2) is 9.29. The van der Waals surface area contributed by atoms with Crippen molar-refractivity contribution < 1.29 is 41.7 Å². The summed E-state index contributed by atoms with van der Waals surface area (Å²) >= 11 is 6.17. The number of rotatable bonds is 6. The quantitative estimate of drug-likeness (QED) is 0.411. The Bertz CT molecular complexity index is 1280. The van der Waals surface area contributed by atoms with Crippen molar-refractivity contribution in [1.29, 1.82) is 0 Å². The zero-order valence-electron chi connectivity index (χ0n) is 19.3. The van der Waals surface area contributed by atoms with Crippen LogP contribution in [-0.2, 0) is 9.84 Å². The highest BCUT2D eigenvalue weighted by atomic mass is 35.5. The number of halogens is 4. The normalized spacial score (nSPS) is 29.2. The molecule has 3 saturated carbocycles. The number of aliphatic hydroxyl groups excluding tert-OH is 2. The molecule has 7 nitrogen and oxygen atoms in total. The predicted molar refractivity (Wildman–Crippen MR) is 125 cm³/mol. The van der Waals surface area contributed by atoms with Crippen molar-refractivity contribution in [2.24, 2.45) is 17.8 Å². The molecule has 5 rings (SSSR count). The second-order valence-corrected chi connectivity index (χ2v) is 12.2. The fourth-order valence-electron chi connectivity index (χ4n) is 5.70. The van der Waals surface area contributed by atoms with Crippen molar-refractivity contribution in [1.82, 2.24) is 0 Å². The molecule has 1 amide bonds. The fourth-order valence-corrected chi connectivity index (χ4v) is 8.05. The van der Waals surface area contributed by atoms with E-state index in [1.54, 1.807) is 0 Å². The summed E-state index contributed by atoms with van der Waals surface area (Å²) in [6.07, 6.45) is -2.60. The number of carbonyl (C=O) groups excluding carboxylic acids is 1. The van der Waals surface area contributed by atoms with Crippen molar-refractivity contribution in [3.8, 4) is 0 Å². The molecule has 0 saturated heterocycles.